The van der Waals surface area contributed by atoms with Gasteiger partial charge in [0.1, 0.15) is 12.2 Å². The Morgan fingerprint density at radius 3 is 2.52 bits per heavy atom. The Balaban J connectivity index is 2.31. The maximum atomic E-state index is 12.0. The van der Waals surface area contributed by atoms with Gasteiger partial charge in [-0.3, -0.25) is 0 Å². The Morgan fingerprint density at radius 2 is 1.84 bits per heavy atom. The second-order valence-electron chi connectivity index (χ2n) is 5.72. The van der Waals surface area contributed by atoms with E-state index in [0.717, 1.165) is 22.4 Å². The van der Waals surface area contributed by atoms with Gasteiger partial charge < -0.3 is 14.2 Å². The van der Waals surface area contributed by atoms with Gasteiger partial charge >= 0.3 is 5.97 Å². The lowest BCUT2D eigenvalue weighted by Gasteiger charge is -2.14. The molecule has 0 amide bonds. The second kappa shape index (κ2) is 8.33. The van der Waals surface area contributed by atoms with Gasteiger partial charge in [-0.15, -0.1) is 0 Å². The molecule has 0 unspecified atom stereocenters. The number of benzene rings is 1. The highest BCUT2D eigenvalue weighted by Gasteiger charge is 2.17. The van der Waals surface area contributed by atoms with Gasteiger partial charge in [-0.2, -0.15) is 0 Å². The van der Waals surface area contributed by atoms with Crippen LogP contribution >= 0.6 is 0 Å². The van der Waals surface area contributed by atoms with Crippen LogP contribution in [0.3, 0.4) is 0 Å². The zero-order valence-corrected chi connectivity index (χ0v) is 15.3. The number of aromatic nitrogens is 1. The first-order valence-electron chi connectivity index (χ1n) is 7.95. The van der Waals surface area contributed by atoms with Gasteiger partial charge in [-0.1, -0.05) is 24.3 Å². The first-order valence-corrected chi connectivity index (χ1v) is 7.95. The number of carbonyl (C=O) groups excluding carboxylic acids is 1. The SMILES string of the molecule is CO/C=C(/C(=O)OC)c1ccccc1COc1nc(C)c(C)cc1C. The second-order valence-corrected chi connectivity index (χ2v) is 5.72. The molecule has 0 radical (unpaired) electrons. The van der Waals surface area contributed by atoms with Crippen molar-refractivity contribution >= 4 is 11.5 Å². The molecular formula is C20H23NO4. The molecule has 0 aliphatic carbocycles. The summed E-state index contributed by atoms with van der Waals surface area (Å²) >= 11 is 0. The third kappa shape index (κ3) is 4.38. The molecule has 2 rings (SSSR count). The molecule has 1 heterocycles. The Hall–Kier alpha value is -2.82. The van der Waals surface area contributed by atoms with Gasteiger partial charge in [-0.25, -0.2) is 9.78 Å². The summed E-state index contributed by atoms with van der Waals surface area (Å²) < 4.78 is 15.8. The van der Waals surface area contributed by atoms with Crippen molar-refractivity contribution in [3.63, 3.8) is 0 Å². The van der Waals surface area contributed by atoms with E-state index < -0.39 is 5.97 Å². The highest BCUT2D eigenvalue weighted by Crippen LogP contribution is 2.24. The topological polar surface area (TPSA) is 57.7 Å². The lowest BCUT2D eigenvalue weighted by atomic mass is 10.0. The van der Waals surface area contributed by atoms with E-state index in [4.69, 9.17) is 14.2 Å². The van der Waals surface area contributed by atoms with Crippen LogP contribution in [-0.2, 0) is 20.9 Å². The molecule has 1 aromatic heterocycles. The molecule has 0 saturated heterocycles. The normalized spacial score (nSPS) is 11.2. The number of hydrogen-bond acceptors (Lipinski definition) is 5. The molecule has 0 saturated carbocycles. The van der Waals surface area contributed by atoms with Crippen molar-refractivity contribution < 1.29 is 19.0 Å². The van der Waals surface area contributed by atoms with E-state index >= 15 is 0 Å². The van der Waals surface area contributed by atoms with Crippen LogP contribution in [0.1, 0.15) is 27.9 Å². The van der Waals surface area contributed by atoms with Crippen molar-refractivity contribution in [3.8, 4) is 5.88 Å². The van der Waals surface area contributed by atoms with E-state index in [9.17, 15) is 4.79 Å². The smallest absolute Gasteiger partial charge is 0.341 e. The lowest BCUT2D eigenvalue weighted by Crippen LogP contribution is -2.09. The number of esters is 1. The largest absolute Gasteiger partial charge is 0.503 e. The van der Waals surface area contributed by atoms with Gasteiger partial charge in [0.15, 0.2) is 0 Å². The molecule has 0 spiro atoms. The summed E-state index contributed by atoms with van der Waals surface area (Å²) in [6.07, 6.45) is 1.38. The van der Waals surface area contributed by atoms with E-state index in [0.29, 0.717) is 17.0 Å². The fraction of sp³-hybridized carbons (Fsp3) is 0.300. The summed E-state index contributed by atoms with van der Waals surface area (Å²) in [6, 6.07) is 9.53. The number of nitrogens with zero attached hydrogens (tertiary/aromatic N) is 1. The summed E-state index contributed by atoms with van der Waals surface area (Å²) in [6.45, 7) is 6.22. The minimum Gasteiger partial charge on any atom is -0.503 e. The number of ether oxygens (including phenoxy) is 3. The van der Waals surface area contributed by atoms with Crippen LogP contribution in [0.2, 0.25) is 0 Å². The number of methoxy groups -OCH3 is 2. The summed E-state index contributed by atoms with van der Waals surface area (Å²) in [4.78, 5) is 16.5. The average molecular weight is 341 g/mol. The fourth-order valence-corrected chi connectivity index (χ4v) is 2.47. The molecule has 0 N–H and O–H groups in total. The molecule has 25 heavy (non-hydrogen) atoms. The molecule has 0 atom stereocenters. The van der Waals surface area contributed by atoms with Crippen LogP contribution in [0.4, 0.5) is 0 Å². The van der Waals surface area contributed by atoms with Crippen LogP contribution in [0.25, 0.3) is 5.57 Å². The first kappa shape index (κ1) is 18.5. The highest BCUT2D eigenvalue weighted by molar-refractivity contribution is 6.16. The van der Waals surface area contributed by atoms with Crippen LogP contribution in [-0.4, -0.2) is 25.2 Å². The molecule has 5 heteroatoms. The predicted octanol–water partition coefficient (Wildman–Crippen LogP) is 3.75. The van der Waals surface area contributed by atoms with Crippen LogP contribution in [0, 0.1) is 20.8 Å². The standard InChI is InChI=1S/C20H23NO4/c1-13-10-14(2)19(21-15(13)3)25-11-16-8-6-7-9-17(16)18(12-23-4)20(22)24-5/h6-10,12H,11H2,1-5H3/b18-12+. The number of pyridine rings is 1. The van der Waals surface area contributed by atoms with Gasteiger partial charge in [0.2, 0.25) is 5.88 Å². The van der Waals surface area contributed by atoms with E-state index in [1.165, 1.54) is 20.5 Å². The summed E-state index contributed by atoms with van der Waals surface area (Å²) in [5.41, 5.74) is 4.92. The summed E-state index contributed by atoms with van der Waals surface area (Å²) in [5, 5.41) is 0. The maximum Gasteiger partial charge on any atom is 0.341 e. The monoisotopic (exact) mass is 341 g/mol. The Kier molecular flexibility index (Phi) is 6.17. The van der Waals surface area contributed by atoms with Crippen molar-refractivity contribution in [2.45, 2.75) is 27.4 Å². The molecule has 5 nitrogen and oxygen atoms in total. The lowest BCUT2D eigenvalue weighted by molar-refractivity contribution is -0.133. The summed E-state index contributed by atoms with van der Waals surface area (Å²) in [5.74, 6) is 0.128. The van der Waals surface area contributed by atoms with E-state index in [2.05, 4.69) is 4.98 Å². The minimum absolute atomic E-state index is 0.282. The third-order valence-corrected chi connectivity index (χ3v) is 3.92. The first-order chi connectivity index (χ1) is 12.0. The van der Waals surface area contributed by atoms with E-state index in [1.54, 1.807) is 0 Å². The molecule has 0 aliphatic heterocycles. The van der Waals surface area contributed by atoms with Gasteiger partial charge in [0, 0.05) is 11.3 Å². The van der Waals surface area contributed by atoms with Crippen molar-refractivity contribution in [1.29, 1.82) is 0 Å². The Labute approximate surface area is 148 Å². The maximum absolute atomic E-state index is 12.0. The molecule has 0 aliphatic rings. The molecular weight excluding hydrogens is 318 g/mol. The fourth-order valence-electron chi connectivity index (χ4n) is 2.47. The molecule has 0 fully saturated rings. The zero-order valence-electron chi connectivity index (χ0n) is 15.3. The molecule has 1 aromatic carbocycles. The predicted molar refractivity (Wildman–Crippen MR) is 96.2 cm³/mol. The minimum atomic E-state index is -0.463. The molecule has 0 bridgehead atoms. The van der Waals surface area contributed by atoms with Gasteiger partial charge in [0.25, 0.3) is 0 Å². The number of hydrogen-bond donors (Lipinski definition) is 0. The quantitative estimate of drug-likeness (QED) is 0.455. The van der Waals surface area contributed by atoms with Crippen LogP contribution in [0.15, 0.2) is 36.6 Å². The van der Waals surface area contributed by atoms with Crippen molar-refractivity contribution in [3.05, 3.63) is 64.5 Å². The Morgan fingerprint density at radius 1 is 1.12 bits per heavy atom. The van der Waals surface area contributed by atoms with E-state index in [1.807, 2.05) is 51.1 Å². The number of carbonyl (C=O) groups is 1. The number of rotatable bonds is 6. The summed E-state index contributed by atoms with van der Waals surface area (Å²) in [7, 11) is 2.83. The van der Waals surface area contributed by atoms with E-state index in [-0.39, 0.29) is 6.61 Å². The van der Waals surface area contributed by atoms with Crippen LogP contribution < -0.4 is 4.74 Å². The third-order valence-electron chi connectivity index (χ3n) is 3.92. The Bertz CT molecular complexity index is 796. The number of aryl methyl sites for hydroxylation is 3. The average Bonchev–Trinajstić information content (AvgIpc) is 2.61. The van der Waals surface area contributed by atoms with Gasteiger partial charge in [-0.05, 0) is 43.5 Å². The highest BCUT2D eigenvalue weighted by atomic mass is 16.5. The molecule has 2 aromatic rings. The van der Waals surface area contributed by atoms with Crippen LogP contribution in [0.5, 0.6) is 5.88 Å². The van der Waals surface area contributed by atoms with Crippen molar-refractivity contribution in [2.75, 3.05) is 14.2 Å². The molecule has 132 valence electrons. The van der Waals surface area contributed by atoms with Crippen molar-refractivity contribution in [1.82, 2.24) is 4.98 Å². The zero-order chi connectivity index (χ0) is 18.4. The van der Waals surface area contributed by atoms with Crippen molar-refractivity contribution in [2.24, 2.45) is 0 Å². The van der Waals surface area contributed by atoms with Gasteiger partial charge in [0.05, 0.1) is 20.5 Å².